The zero-order chi connectivity index (χ0) is 68.3. The fourth-order valence-electron chi connectivity index (χ4n) is 6.88. The zero-order valence-corrected chi connectivity index (χ0v) is 60.5. The molecule has 2 unspecified atom stereocenters. The zero-order valence-electron chi connectivity index (χ0n) is 54.5. The van der Waals surface area contributed by atoms with Crippen molar-refractivity contribution in [3.63, 3.8) is 0 Å². The third-order valence-electron chi connectivity index (χ3n) is 9.31. The van der Waals surface area contributed by atoms with Crippen molar-refractivity contribution in [2.24, 2.45) is 0 Å². The lowest BCUT2D eigenvalue weighted by molar-refractivity contribution is -0.197. The normalized spacial score (nSPS) is 19.4. The highest BCUT2D eigenvalue weighted by Crippen LogP contribution is 2.29. The van der Waals surface area contributed by atoms with Gasteiger partial charge in [-0.2, -0.15) is 24.9 Å². The number of nitrogen functional groups attached to an aromatic ring is 2. The van der Waals surface area contributed by atoms with Gasteiger partial charge in [-0.05, 0) is 26.2 Å². The first kappa shape index (κ1) is 81.4. The van der Waals surface area contributed by atoms with Crippen molar-refractivity contribution < 1.29 is 71.8 Å². The first-order valence-electron chi connectivity index (χ1n) is 27.5. The molecule has 2 saturated heterocycles. The van der Waals surface area contributed by atoms with E-state index in [2.05, 4.69) is 168 Å². The summed E-state index contributed by atoms with van der Waals surface area (Å²) in [5.41, 5.74) is 9.43. The molecule has 4 aromatic heterocycles. The van der Waals surface area contributed by atoms with E-state index >= 15 is 0 Å². The molecule has 0 amide bonds. The van der Waals surface area contributed by atoms with Crippen molar-refractivity contribution in [3.05, 3.63) is 46.3 Å². The molecular formula is C48H93N17O17Si6. The van der Waals surface area contributed by atoms with Crippen LogP contribution in [0.25, 0.3) is 0 Å². The number of nitrogens with one attached hydrogen (secondary N) is 4. The number of nitrogens with zero attached hydrogens (tertiary/aromatic N) is 11. The minimum Gasteiger partial charge on any atom is -0.518 e. The quantitative estimate of drug-likeness (QED) is 0.0433. The molecule has 0 saturated carbocycles. The SMILES string of the molecule is CC.CC(=O)OC[C@H]1O[C@@H](OC(C)=O)C(OC(C)=O)[C@H]1OC(C)=O.C[Si](=O)c1ncnc(N[Si](C)(C)C)n1.C[Si](C)(C)N[Si](C)(C)C.C[Si](C)(C)Nc1ncnc(O[Si](C)(C)C)n1.Nc1ncn([C@@H]2O[C@H](CO)[C@H](O)C2O)c(=O)n1.Nc1ncnc(=O)[nH]1. The van der Waals surface area contributed by atoms with Crippen LogP contribution in [0.3, 0.4) is 0 Å². The number of nitrogens with two attached hydrogens (primary N) is 2. The van der Waals surface area contributed by atoms with Gasteiger partial charge in [-0.1, -0.05) is 92.4 Å². The maximum atomic E-state index is 11.5. The molecule has 0 bridgehead atoms. The number of aliphatic hydroxyl groups excluding tert-OH is 3. The van der Waals surface area contributed by atoms with Gasteiger partial charge in [0.05, 0.1) is 6.61 Å². The molecule has 0 aliphatic carbocycles. The Morgan fingerprint density at radius 3 is 1.55 bits per heavy atom. The number of carbonyl (C=O) groups excluding carboxylic acids is 4. The molecule has 88 heavy (non-hydrogen) atoms. The Bertz CT molecular complexity index is 2900. The molecular weight excluding hydrogens is 1260 g/mol. The number of aliphatic hydroxyl groups is 3. The molecule has 2 fully saturated rings. The minimum atomic E-state index is -1.83. The summed E-state index contributed by atoms with van der Waals surface area (Å²) in [5, 5.41) is 28.1. The second-order valence-electron chi connectivity index (χ2n) is 23.8. The molecule has 8 atom stereocenters. The second kappa shape index (κ2) is 37.4. The number of hydrogen-bond acceptors (Lipinski definition) is 32. The highest BCUT2D eigenvalue weighted by molar-refractivity contribution is 6.90. The predicted molar refractivity (Wildman–Crippen MR) is 340 cm³/mol. The van der Waals surface area contributed by atoms with Crippen molar-refractivity contribution >= 4 is 103 Å². The van der Waals surface area contributed by atoms with Crippen LogP contribution < -0.4 is 47.3 Å². The fourth-order valence-corrected chi connectivity index (χ4v) is 18.6. The summed E-state index contributed by atoms with van der Waals surface area (Å²) in [6.07, 6.45) is -4.08. The molecule has 2 aliphatic rings. The van der Waals surface area contributed by atoms with Gasteiger partial charge in [0.1, 0.15) is 89.3 Å². The molecule has 2 aliphatic heterocycles. The number of hydrogen-bond donors (Lipinski definition) is 9. The highest BCUT2D eigenvalue weighted by atomic mass is 28.4. The Hall–Kier alpha value is -6.62. The van der Waals surface area contributed by atoms with E-state index in [1.807, 2.05) is 13.8 Å². The maximum absolute atomic E-state index is 11.5. The van der Waals surface area contributed by atoms with Crippen molar-refractivity contribution in [2.75, 3.05) is 34.6 Å². The van der Waals surface area contributed by atoms with E-state index in [0.29, 0.717) is 23.4 Å². The van der Waals surface area contributed by atoms with E-state index in [9.17, 15) is 43.4 Å². The molecule has 496 valence electrons. The van der Waals surface area contributed by atoms with Gasteiger partial charge in [-0.15, -0.1) is 0 Å². The number of aromatic nitrogens is 12. The summed E-state index contributed by atoms with van der Waals surface area (Å²) in [4.78, 5) is 113. The van der Waals surface area contributed by atoms with Crippen LogP contribution in [0, 0.1) is 0 Å². The standard InChI is InChI=1S/C13H18O9.C9H20N4OSi2.C8H12N4O5.C7H14N4OSi2.C6H19NSi2.C3H4N4O.C2H6/c1-6(14)18-5-10-11(19-7(2)15)12(20-8(3)16)13(22-10)21-9(4)17;1-15(2,3)13-8-10-7-11-9(12-8)14-16(4,5)6;9-7-10-2-12(8(16)11-7)6-5(15)4(14)3(1-13)17-6;1-13(12)7-9-5-8-6(10-7)11-14(2,3)4;1-8(2,3)7-9(4,5)6;4-2-5-1-6-3(8)7-2;1-2/h10-13H,5H2,1-4H3;7H,1-6H3,(H,10,11,12,13);2-6,13-15H,1H2,(H2,9,11,16);5H,1-4H3,(H,8,9,10,11);7H,1-6H3;1H,(H3,4,5,6,7,8);1-2H3/t10-,11+,12?,13-;;3-,4+,5?,6-;;;;/m1.1..../s1. The van der Waals surface area contributed by atoms with E-state index < -0.39 is 141 Å². The van der Waals surface area contributed by atoms with Gasteiger partial charge < -0.3 is 78.7 Å². The average molecular weight is 1350 g/mol. The molecule has 40 heteroatoms. The summed E-state index contributed by atoms with van der Waals surface area (Å²) >= 11 is 0. The molecule has 0 aromatic carbocycles. The van der Waals surface area contributed by atoms with Crippen LogP contribution in [0.2, 0.25) is 105 Å². The van der Waals surface area contributed by atoms with Gasteiger partial charge in [-0.25, -0.2) is 34.5 Å². The van der Waals surface area contributed by atoms with Crippen LogP contribution in [0.15, 0.2) is 34.9 Å². The van der Waals surface area contributed by atoms with Crippen LogP contribution in [-0.2, 0) is 52.1 Å². The number of aromatic amines is 1. The van der Waals surface area contributed by atoms with Gasteiger partial charge in [0.2, 0.25) is 44.5 Å². The second-order valence-corrected chi connectivity index (χ2v) is 49.3. The Morgan fingerprint density at radius 2 is 1.15 bits per heavy atom. The largest absolute Gasteiger partial charge is 0.518 e. The lowest BCUT2D eigenvalue weighted by atomic mass is 10.1. The number of carbonyl (C=O) groups is 4. The highest BCUT2D eigenvalue weighted by Gasteiger charge is 2.51. The lowest BCUT2D eigenvalue weighted by Crippen LogP contribution is -2.55. The molecule has 6 heterocycles. The van der Waals surface area contributed by atoms with Crippen LogP contribution >= 0.6 is 0 Å². The van der Waals surface area contributed by atoms with Gasteiger partial charge in [0.15, 0.2) is 17.8 Å². The maximum Gasteiger partial charge on any atom is 0.354 e. The Kier molecular flexibility index (Phi) is 34.6. The number of anilines is 4. The molecule has 0 radical (unpaired) electrons. The van der Waals surface area contributed by atoms with E-state index in [-0.39, 0.29) is 18.5 Å². The molecule has 34 nitrogen and oxygen atoms in total. The topological polar surface area (TPSA) is 483 Å². The number of ether oxygens (including phenoxy) is 6. The smallest absolute Gasteiger partial charge is 0.354 e. The number of esters is 4. The van der Waals surface area contributed by atoms with Crippen molar-refractivity contribution in [3.8, 4) is 6.01 Å². The van der Waals surface area contributed by atoms with Crippen molar-refractivity contribution in [1.29, 1.82) is 0 Å². The molecule has 6 rings (SSSR count). The summed E-state index contributed by atoms with van der Waals surface area (Å²) < 4.78 is 51.8. The van der Waals surface area contributed by atoms with E-state index in [1.165, 1.54) is 19.6 Å². The van der Waals surface area contributed by atoms with Gasteiger partial charge >= 0.3 is 50.0 Å². The monoisotopic (exact) mass is 1350 g/mol. The summed E-state index contributed by atoms with van der Waals surface area (Å²) in [6.45, 7) is 43.0. The first-order valence-corrected chi connectivity index (χ1v) is 46.8. The lowest BCUT2D eigenvalue weighted by Gasteiger charge is -2.28. The van der Waals surface area contributed by atoms with Crippen LogP contribution in [0.4, 0.5) is 23.8 Å². The fraction of sp³-hybridized carbons (Fsp3) is 0.667. The van der Waals surface area contributed by atoms with Crippen molar-refractivity contribution in [2.45, 2.75) is 195 Å². The summed E-state index contributed by atoms with van der Waals surface area (Å²) in [5.74, 6) is -1.51. The van der Waals surface area contributed by atoms with E-state index in [0.717, 1.165) is 38.0 Å². The number of H-pyrrole nitrogens is 1. The Labute approximate surface area is 519 Å². The van der Waals surface area contributed by atoms with Crippen LogP contribution in [0.1, 0.15) is 47.8 Å². The van der Waals surface area contributed by atoms with Gasteiger partial charge in [0.25, 0.3) is 0 Å². The molecule has 4 aromatic rings. The summed E-state index contributed by atoms with van der Waals surface area (Å²) in [7, 11) is -8.31. The van der Waals surface area contributed by atoms with Gasteiger partial charge in [0, 0.05) is 27.7 Å². The first-order chi connectivity index (χ1) is 40.3. The number of rotatable bonds is 16. The van der Waals surface area contributed by atoms with Crippen LogP contribution in [0.5, 0.6) is 6.01 Å². The molecule has 11 N–H and O–H groups in total. The van der Waals surface area contributed by atoms with Crippen molar-refractivity contribution in [1.82, 2.24) is 64.0 Å². The third-order valence-corrected chi connectivity index (χ3v) is 18.9. The average Bonchev–Trinajstić information content (AvgIpc) is 2.38. The third kappa shape index (κ3) is 36.0. The summed E-state index contributed by atoms with van der Waals surface area (Å²) in [6, 6.07) is 0.426. The molecule has 0 spiro atoms. The Balaban J connectivity index is 0.00000105. The predicted octanol–water partition coefficient (Wildman–Crippen LogP) is 1.26. The van der Waals surface area contributed by atoms with E-state index in [1.54, 1.807) is 6.55 Å². The van der Waals surface area contributed by atoms with Crippen LogP contribution in [-0.4, -0.2) is 205 Å². The van der Waals surface area contributed by atoms with E-state index in [4.69, 9.17) is 49.4 Å². The van der Waals surface area contributed by atoms with Gasteiger partial charge in [-0.3, -0.25) is 28.7 Å². The Morgan fingerprint density at radius 1 is 0.648 bits per heavy atom. The minimum absolute atomic E-state index is 0.0880.